The van der Waals surface area contributed by atoms with Crippen molar-refractivity contribution in [2.45, 2.75) is 45.7 Å². The Hall–Kier alpha value is -1.62. The first-order valence-electron chi connectivity index (χ1n) is 7.65. The van der Waals surface area contributed by atoms with Crippen LogP contribution in [0.1, 0.15) is 36.8 Å². The number of hydrogen-bond acceptors (Lipinski definition) is 5. The molecule has 2 aromatic heterocycles. The van der Waals surface area contributed by atoms with Crippen molar-refractivity contribution in [1.29, 1.82) is 0 Å². The standard InChI is InChI=1S/C16H22N4S/c1-3-8-17-16-18-12(2)10-15(19-16)20(13-6-7-13)11-14-5-4-9-21-14/h4-5,9-10,13H,3,6-8,11H2,1-2H3,(H,17,18,19). The average Bonchev–Trinajstić information content (AvgIpc) is 3.18. The third kappa shape index (κ3) is 3.73. The first-order valence-corrected chi connectivity index (χ1v) is 8.53. The lowest BCUT2D eigenvalue weighted by Gasteiger charge is -2.23. The summed E-state index contributed by atoms with van der Waals surface area (Å²) < 4.78 is 0. The second-order valence-corrected chi connectivity index (χ2v) is 6.59. The molecule has 112 valence electrons. The Balaban J connectivity index is 1.82. The van der Waals surface area contributed by atoms with E-state index in [9.17, 15) is 0 Å². The van der Waals surface area contributed by atoms with Crippen LogP contribution in [-0.4, -0.2) is 22.6 Å². The van der Waals surface area contributed by atoms with Gasteiger partial charge < -0.3 is 10.2 Å². The molecule has 3 rings (SSSR count). The van der Waals surface area contributed by atoms with E-state index in [0.29, 0.717) is 6.04 Å². The first kappa shape index (κ1) is 14.3. The largest absolute Gasteiger partial charge is 0.354 e. The molecule has 0 radical (unpaired) electrons. The predicted molar refractivity (Wildman–Crippen MR) is 89.1 cm³/mol. The highest BCUT2D eigenvalue weighted by Crippen LogP contribution is 2.33. The van der Waals surface area contributed by atoms with E-state index in [0.717, 1.165) is 37.0 Å². The van der Waals surface area contributed by atoms with Crippen LogP contribution in [0.15, 0.2) is 23.6 Å². The van der Waals surface area contributed by atoms with Crippen molar-refractivity contribution < 1.29 is 0 Å². The summed E-state index contributed by atoms with van der Waals surface area (Å²) >= 11 is 1.81. The molecular weight excluding hydrogens is 280 g/mol. The third-order valence-corrected chi connectivity index (χ3v) is 4.42. The predicted octanol–water partition coefficient (Wildman–Crippen LogP) is 3.84. The summed E-state index contributed by atoms with van der Waals surface area (Å²) in [5, 5.41) is 5.44. The molecule has 0 aliphatic heterocycles. The summed E-state index contributed by atoms with van der Waals surface area (Å²) in [5.74, 6) is 1.81. The van der Waals surface area contributed by atoms with E-state index in [1.807, 2.05) is 18.3 Å². The summed E-state index contributed by atoms with van der Waals surface area (Å²) in [6, 6.07) is 7.05. The Morgan fingerprint density at radius 2 is 2.24 bits per heavy atom. The number of aromatic nitrogens is 2. The van der Waals surface area contributed by atoms with E-state index in [2.05, 4.69) is 45.7 Å². The van der Waals surface area contributed by atoms with Crippen molar-refractivity contribution in [3.8, 4) is 0 Å². The summed E-state index contributed by atoms with van der Waals surface area (Å²) in [6.45, 7) is 6.05. The molecule has 1 fully saturated rings. The number of anilines is 2. The summed E-state index contributed by atoms with van der Waals surface area (Å²) in [5.41, 5.74) is 1.02. The maximum Gasteiger partial charge on any atom is 0.224 e. The van der Waals surface area contributed by atoms with E-state index < -0.39 is 0 Å². The minimum absolute atomic E-state index is 0.639. The van der Waals surface area contributed by atoms with Crippen LogP contribution >= 0.6 is 11.3 Å². The second kappa shape index (κ2) is 6.43. The van der Waals surface area contributed by atoms with Gasteiger partial charge in [0.05, 0.1) is 6.54 Å². The molecule has 4 nitrogen and oxygen atoms in total. The molecular formula is C16H22N4S. The van der Waals surface area contributed by atoms with Crippen molar-refractivity contribution in [2.24, 2.45) is 0 Å². The quantitative estimate of drug-likeness (QED) is 0.844. The van der Waals surface area contributed by atoms with E-state index in [-0.39, 0.29) is 0 Å². The van der Waals surface area contributed by atoms with E-state index in [1.165, 1.54) is 17.7 Å². The number of rotatable bonds is 7. The van der Waals surface area contributed by atoms with E-state index in [4.69, 9.17) is 4.98 Å². The molecule has 0 aromatic carbocycles. The van der Waals surface area contributed by atoms with Gasteiger partial charge in [0.2, 0.25) is 5.95 Å². The molecule has 1 saturated carbocycles. The van der Waals surface area contributed by atoms with Gasteiger partial charge in [0, 0.05) is 29.2 Å². The molecule has 0 bridgehead atoms. The van der Waals surface area contributed by atoms with Gasteiger partial charge in [-0.3, -0.25) is 0 Å². The highest BCUT2D eigenvalue weighted by molar-refractivity contribution is 7.09. The van der Waals surface area contributed by atoms with Crippen LogP contribution < -0.4 is 10.2 Å². The number of thiophene rings is 1. The number of nitrogens with zero attached hydrogens (tertiary/aromatic N) is 3. The maximum absolute atomic E-state index is 4.72. The van der Waals surface area contributed by atoms with Crippen molar-refractivity contribution in [3.05, 3.63) is 34.2 Å². The zero-order chi connectivity index (χ0) is 14.7. The minimum atomic E-state index is 0.639. The Labute approximate surface area is 130 Å². The lowest BCUT2D eigenvalue weighted by molar-refractivity contribution is 0.781. The fourth-order valence-electron chi connectivity index (χ4n) is 2.37. The topological polar surface area (TPSA) is 41.1 Å². The molecule has 21 heavy (non-hydrogen) atoms. The first-order chi connectivity index (χ1) is 10.3. The Morgan fingerprint density at radius 3 is 2.90 bits per heavy atom. The molecule has 0 spiro atoms. The lowest BCUT2D eigenvalue weighted by atomic mass is 10.3. The van der Waals surface area contributed by atoms with E-state index >= 15 is 0 Å². The van der Waals surface area contributed by atoms with Crippen LogP contribution in [0.5, 0.6) is 0 Å². The summed E-state index contributed by atoms with van der Waals surface area (Å²) in [6.07, 6.45) is 3.62. The summed E-state index contributed by atoms with van der Waals surface area (Å²) in [7, 11) is 0. The molecule has 0 amide bonds. The lowest BCUT2D eigenvalue weighted by Crippen LogP contribution is -2.26. The molecule has 0 atom stereocenters. The molecule has 1 N–H and O–H groups in total. The molecule has 5 heteroatoms. The van der Waals surface area contributed by atoms with Crippen LogP contribution in [-0.2, 0) is 6.54 Å². The molecule has 0 unspecified atom stereocenters. The van der Waals surface area contributed by atoms with Gasteiger partial charge in [-0.25, -0.2) is 4.98 Å². The molecule has 1 aliphatic rings. The molecule has 0 saturated heterocycles. The second-order valence-electron chi connectivity index (χ2n) is 5.56. The van der Waals surface area contributed by atoms with Gasteiger partial charge in [-0.15, -0.1) is 11.3 Å². The monoisotopic (exact) mass is 302 g/mol. The Bertz CT molecular complexity index is 578. The van der Waals surface area contributed by atoms with Crippen molar-refractivity contribution in [1.82, 2.24) is 9.97 Å². The third-order valence-electron chi connectivity index (χ3n) is 3.56. The maximum atomic E-state index is 4.72. The van der Waals surface area contributed by atoms with Crippen molar-refractivity contribution in [3.63, 3.8) is 0 Å². The number of nitrogens with one attached hydrogen (secondary N) is 1. The van der Waals surface area contributed by atoms with Crippen LogP contribution in [0, 0.1) is 6.92 Å². The smallest absolute Gasteiger partial charge is 0.224 e. The van der Waals surface area contributed by atoms with Gasteiger partial charge >= 0.3 is 0 Å². The normalized spacial score (nSPS) is 14.2. The zero-order valence-electron chi connectivity index (χ0n) is 12.7. The Kier molecular flexibility index (Phi) is 4.39. The van der Waals surface area contributed by atoms with Gasteiger partial charge in [0.15, 0.2) is 0 Å². The highest BCUT2D eigenvalue weighted by Gasteiger charge is 2.30. The average molecular weight is 302 g/mol. The van der Waals surface area contributed by atoms with Gasteiger partial charge in [-0.1, -0.05) is 13.0 Å². The number of hydrogen-bond donors (Lipinski definition) is 1. The van der Waals surface area contributed by atoms with Gasteiger partial charge in [0.1, 0.15) is 5.82 Å². The van der Waals surface area contributed by atoms with Gasteiger partial charge in [-0.2, -0.15) is 4.98 Å². The molecule has 2 aromatic rings. The van der Waals surface area contributed by atoms with E-state index in [1.54, 1.807) is 0 Å². The van der Waals surface area contributed by atoms with Crippen molar-refractivity contribution in [2.75, 3.05) is 16.8 Å². The fraction of sp³-hybridized carbons (Fsp3) is 0.500. The Morgan fingerprint density at radius 1 is 1.38 bits per heavy atom. The highest BCUT2D eigenvalue weighted by atomic mass is 32.1. The number of aryl methyl sites for hydroxylation is 1. The van der Waals surface area contributed by atoms with Crippen LogP contribution in [0.4, 0.5) is 11.8 Å². The summed E-state index contributed by atoms with van der Waals surface area (Å²) in [4.78, 5) is 13.0. The van der Waals surface area contributed by atoms with Gasteiger partial charge in [0.25, 0.3) is 0 Å². The van der Waals surface area contributed by atoms with Gasteiger partial charge in [-0.05, 0) is 37.6 Å². The van der Waals surface area contributed by atoms with Crippen LogP contribution in [0.25, 0.3) is 0 Å². The van der Waals surface area contributed by atoms with Crippen molar-refractivity contribution >= 4 is 23.1 Å². The van der Waals surface area contributed by atoms with Crippen LogP contribution in [0.3, 0.4) is 0 Å². The SMILES string of the molecule is CCCNc1nc(C)cc(N(Cc2cccs2)C2CC2)n1. The fourth-order valence-corrected chi connectivity index (χ4v) is 3.07. The molecule has 2 heterocycles. The van der Waals surface area contributed by atoms with Crippen LogP contribution in [0.2, 0.25) is 0 Å². The zero-order valence-corrected chi connectivity index (χ0v) is 13.5. The molecule has 1 aliphatic carbocycles. The minimum Gasteiger partial charge on any atom is -0.354 e.